The molecule has 0 saturated heterocycles. The fraction of sp³-hybridized carbons (Fsp3) is 0.982. The molecule has 0 bridgehead atoms. The van der Waals surface area contributed by atoms with E-state index in [1.54, 1.807) is 0 Å². The normalized spacial score (nSPS) is 13.6. The minimum absolute atomic E-state index is 0.0586. The van der Waals surface area contributed by atoms with Crippen LogP contribution in [0.5, 0.6) is 0 Å². The van der Waals surface area contributed by atoms with Crippen LogP contribution in [0, 0.1) is 0 Å². The summed E-state index contributed by atoms with van der Waals surface area (Å²) in [6.07, 6.45) is 59.7. The summed E-state index contributed by atoms with van der Waals surface area (Å²) in [5, 5.41) is 18.4. The summed E-state index contributed by atoms with van der Waals surface area (Å²) in [6, 6.07) is 0. The molecule has 0 aromatic heterocycles. The zero-order chi connectivity index (χ0) is 48.8. The molecule has 0 aliphatic carbocycles. The van der Waals surface area contributed by atoms with Crippen LogP contribution >= 0.6 is 7.82 Å². The highest BCUT2D eigenvalue weighted by molar-refractivity contribution is 7.47. The molecule has 10 heteroatoms. The van der Waals surface area contributed by atoms with Gasteiger partial charge in [0.2, 0.25) is 0 Å². The second-order valence-corrected chi connectivity index (χ2v) is 21.8. The molecule has 9 nitrogen and oxygen atoms in total. The predicted molar refractivity (Wildman–Crippen MR) is 284 cm³/mol. The second kappa shape index (κ2) is 54.8. The van der Waals surface area contributed by atoms with Gasteiger partial charge in [-0.2, -0.15) is 0 Å². The maximum Gasteiger partial charge on any atom is 0.472 e. The lowest BCUT2D eigenvalue weighted by atomic mass is 10.0. The Morgan fingerprint density at radius 2 is 0.672 bits per heavy atom. The number of unbranched alkanes of at least 4 members (excludes halogenated alkanes) is 44. The molecule has 0 aliphatic heterocycles. The summed E-state index contributed by atoms with van der Waals surface area (Å²) in [5.41, 5.74) is 0. The first-order valence-electron chi connectivity index (χ1n) is 29.5. The van der Waals surface area contributed by atoms with Gasteiger partial charge in [0, 0.05) is 13.0 Å². The van der Waals surface area contributed by atoms with Gasteiger partial charge in [0.15, 0.2) is 0 Å². The largest absolute Gasteiger partial charge is 0.472 e. The lowest BCUT2D eigenvalue weighted by Crippen LogP contribution is -2.29. The monoisotopic (exact) mass is 975 g/mol. The molecule has 0 spiro atoms. The Kier molecular flexibility index (Phi) is 54.3. The predicted octanol–water partition coefficient (Wildman–Crippen LogP) is 17.8. The Bertz CT molecular complexity index is 1020. The molecule has 0 fully saturated rings. The third-order valence-corrected chi connectivity index (χ3v) is 14.5. The molecule has 402 valence electrons. The van der Waals surface area contributed by atoms with Crippen LogP contribution in [0.25, 0.3) is 0 Å². The lowest BCUT2D eigenvalue weighted by Gasteiger charge is -2.20. The Hall–Kier alpha value is -0.540. The highest BCUT2D eigenvalue weighted by atomic mass is 31.2. The van der Waals surface area contributed by atoms with Crippen LogP contribution in [0.15, 0.2) is 0 Å². The Labute approximate surface area is 416 Å². The molecule has 0 aliphatic rings. The number of esters is 1. The fourth-order valence-corrected chi connectivity index (χ4v) is 9.86. The molecule has 67 heavy (non-hydrogen) atoms. The molecule has 1 unspecified atom stereocenters. The molecular formula is C57H115O9P. The summed E-state index contributed by atoms with van der Waals surface area (Å²) < 4.78 is 33.6. The van der Waals surface area contributed by atoms with Crippen LogP contribution in [0.3, 0.4) is 0 Å². The van der Waals surface area contributed by atoms with E-state index in [9.17, 15) is 19.4 Å². The van der Waals surface area contributed by atoms with Crippen LogP contribution in [0.2, 0.25) is 0 Å². The molecule has 0 heterocycles. The van der Waals surface area contributed by atoms with Crippen molar-refractivity contribution < 1.29 is 43.0 Å². The second-order valence-electron chi connectivity index (χ2n) is 20.4. The topological polar surface area (TPSA) is 132 Å². The number of phosphoric ester groups is 1. The van der Waals surface area contributed by atoms with Crippen molar-refractivity contribution in [2.75, 3.05) is 33.0 Å². The molecular weight excluding hydrogens is 860 g/mol. The standard InChI is InChI=1S/C57H115O9P/c1-3-5-7-9-11-13-15-17-19-20-21-22-23-24-25-26-27-28-29-30-31-32-33-34-35-36-37-39-41-43-45-47-49-57(60)66-56(54-65-67(61,62)64-52-55(59)51-58)53-63-50-48-46-44-42-40-38-18-16-14-12-10-8-6-4-2/h55-56,58-59H,3-54H2,1-2H3,(H,61,62)/t55-,56+/m0/s1. The average molecular weight is 976 g/mol. The van der Waals surface area contributed by atoms with Crippen LogP contribution in [0.4, 0.5) is 0 Å². The zero-order valence-electron chi connectivity index (χ0n) is 44.7. The fourth-order valence-electron chi connectivity index (χ4n) is 9.07. The number of hydrogen-bond acceptors (Lipinski definition) is 8. The quantitative estimate of drug-likeness (QED) is 0.0310. The first-order chi connectivity index (χ1) is 32.8. The molecule has 0 amide bonds. The maximum absolute atomic E-state index is 12.7. The minimum atomic E-state index is -4.52. The smallest absolute Gasteiger partial charge is 0.457 e. The first-order valence-corrected chi connectivity index (χ1v) is 31.0. The van der Waals surface area contributed by atoms with Gasteiger partial charge in [-0.05, 0) is 12.8 Å². The number of carbonyl (C=O) groups is 1. The van der Waals surface area contributed by atoms with E-state index in [0.29, 0.717) is 6.61 Å². The van der Waals surface area contributed by atoms with Gasteiger partial charge in [0.25, 0.3) is 0 Å². The van der Waals surface area contributed by atoms with Gasteiger partial charge in [-0.3, -0.25) is 13.8 Å². The van der Waals surface area contributed by atoms with Gasteiger partial charge < -0.3 is 24.6 Å². The van der Waals surface area contributed by atoms with Crippen LogP contribution < -0.4 is 0 Å². The maximum atomic E-state index is 12.7. The van der Waals surface area contributed by atoms with Crippen LogP contribution in [-0.4, -0.2) is 66.3 Å². The van der Waals surface area contributed by atoms with E-state index in [1.807, 2.05) is 0 Å². The number of hydrogen-bond donors (Lipinski definition) is 3. The highest BCUT2D eigenvalue weighted by Gasteiger charge is 2.26. The minimum Gasteiger partial charge on any atom is -0.457 e. The van der Waals surface area contributed by atoms with E-state index in [2.05, 4.69) is 13.8 Å². The number of carbonyl (C=O) groups excluding carboxylic acids is 1. The van der Waals surface area contributed by atoms with Gasteiger partial charge in [-0.25, -0.2) is 4.57 Å². The number of phosphoric acid groups is 1. The van der Waals surface area contributed by atoms with Crippen molar-refractivity contribution in [2.24, 2.45) is 0 Å². The molecule has 0 aromatic rings. The average Bonchev–Trinajstić information content (AvgIpc) is 3.32. The summed E-state index contributed by atoms with van der Waals surface area (Å²) in [6.45, 7) is 3.61. The van der Waals surface area contributed by atoms with Crippen LogP contribution in [-0.2, 0) is 27.9 Å². The van der Waals surface area contributed by atoms with Crippen molar-refractivity contribution in [1.82, 2.24) is 0 Å². The molecule has 0 saturated carbocycles. The van der Waals surface area contributed by atoms with E-state index in [1.165, 1.54) is 263 Å². The van der Waals surface area contributed by atoms with Gasteiger partial charge in [0.1, 0.15) is 12.2 Å². The van der Waals surface area contributed by atoms with Crippen molar-refractivity contribution in [3.8, 4) is 0 Å². The van der Waals surface area contributed by atoms with E-state index < -0.39 is 33.2 Å². The van der Waals surface area contributed by atoms with Gasteiger partial charge in [-0.1, -0.05) is 296 Å². The van der Waals surface area contributed by atoms with Crippen molar-refractivity contribution >= 4 is 13.8 Å². The number of aliphatic hydroxyl groups is 2. The summed E-state index contributed by atoms with van der Waals surface area (Å²) >= 11 is 0. The molecule has 0 radical (unpaired) electrons. The van der Waals surface area contributed by atoms with E-state index >= 15 is 0 Å². The van der Waals surface area contributed by atoms with Crippen molar-refractivity contribution in [3.63, 3.8) is 0 Å². The van der Waals surface area contributed by atoms with E-state index in [-0.39, 0.29) is 25.6 Å². The Morgan fingerprint density at radius 1 is 0.403 bits per heavy atom. The molecule has 0 rings (SSSR count). The van der Waals surface area contributed by atoms with E-state index in [0.717, 1.165) is 32.1 Å². The SMILES string of the molecule is CCCCCCCCCCCCCCCCCCCCCCCCCCCCCCCCCCC(=O)O[C@H](COCCCCCCCCCCCCCCCC)COP(=O)(O)OC[C@@H](O)CO. The number of rotatable bonds is 58. The van der Waals surface area contributed by atoms with E-state index in [4.69, 9.17) is 23.6 Å². The van der Waals surface area contributed by atoms with Crippen molar-refractivity contribution in [3.05, 3.63) is 0 Å². The van der Waals surface area contributed by atoms with Crippen LogP contribution in [0.1, 0.15) is 316 Å². The lowest BCUT2D eigenvalue weighted by molar-refractivity contribution is -0.154. The highest BCUT2D eigenvalue weighted by Crippen LogP contribution is 2.43. The number of aliphatic hydroxyl groups excluding tert-OH is 2. The Morgan fingerprint density at radius 3 is 0.970 bits per heavy atom. The molecule has 3 N–H and O–H groups in total. The van der Waals surface area contributed by atoms with Crippen molar-refractivity contribution in [2.45, 2.75) is 328 Å². The van der Waals surface area contributed by atoms with Gasteiger partial charge >= 0.3 is 13.8 Å². The summed E-state index contributed by atoms with van der Waals surface area (Å²) in [4.78, 5) is 22.7. The third kappa shape index (κ3) is 54.6. The van der Waals surface area contributed by atoms with Gasteiger partial charge in [-0.15, -0.1) is 0 Å². The van der Waals surface area contributed by atoms with Gasteiger partial charge in [0.05, 0.1) is 26.4 Å². The summed E-state index contributed by atoms with van der Waals surface area (Å²) in [5.74, 6) is -0.372. The summed E-state index contributed by atoms with van der Waals surface area (Å²) in [7, 11) is -4.52. The number of ether oxygens (including phenoxy) is 2. The first kappa shape index (κ1) is 66.5. The van der Waals surface area contributed by atoms with Crippen molar-refractivity contribution in [1.29, 1.82) is 0 Å². The third-order valence-electron chi connectivity index (χ3n) is 13.5. The molecule has 3 atom stereocenters. The Balaban J connectivity index is 3.81. The molecule has 0 aromatic carbocycles. The zero-order valence-corrected chi connectivity index (χ0v) is 45.6.